The van der Waals surface area contributed by atoms with E-state index in [1.54, 1.807) is 12.3 Å². The number of fused-ring (bicyclic) bond motifs is 1. The minimum Gasteiger partial charge on any atom is -0.469 e. The third-order valence-corrected chi connectivity index (χ3v) is 6.29. The number of carbonyl (C=O) groups excluding carboxylic acids is 2. The number of anilines is 1. The number of likely N-dealkylation sites (tertiary alicyclic amines) is 1. The predicted molar refractivity (Wildman–Crippen MR) is 112 cm³/mol. The lowest BCUT2D eigenvalue weighted by molar-refractivity contribution is -0.130. The molecule has 2 aliphatic heterocycles. The van der Waals surface area contributed by atoms with Crippen LogP contribution in [-0.2, 0) is 17.8 Å². The largest absolute Gasteiger partial charge is 0.469 e. The van der Waals surface area contributed by atoms with Gasteiger partial charge in [-0.05, 0) is 37.1 Å². The van der Waals surface area contributed by atoms with Crippen LogP contribution in [-0.4, -0.2) is 44.7 Å². The Balaban J connectivity index is 1.34. The van der Waals surface area contributed by atoms with Gasteiger partial charge in [0.2, 0.25) is 5.91 Å². The molecule has 160 valence electrons. The summed E-state index contributed by atoms with van der Waals surface area (Å²) >= 11 is 0. The van der Waals surface area contributed by atoms with Crippen molar-refractivity contribution in [2.75, 3.05) is 18.4 Å². The van der Waals surface area contributed by atoms with Gasteiger partial charge < -0.3 is 20.0 Å². The summed E-state index contributed by atoms with van der Waals surface area (Å²) in [7, 11) is 0. The number of rotatable bonds is 4. The Bertz CT molecular complexity index is 1060. The highest BCUT2D eigenvalue weighted by molar-refractivity contribution is 5.89. The van der Waals surface area contributed by atoms with Gasteiger partial charge in [0, 0.05) is 30.7 Å². The number of furan rings is 1. The maximum Gasteiger partial charge on any atom is 0.319 e. The second-order valence-corrected chi connectivity index (χ2v) is 8.17. The normalized spacial score (nSPS) is 22.3. The molecule has 0 aliphatic carbocycles. The molecule has 9 nitrogen and oxygen atoms in total. The number of amides is 3. The minimum atomic E-state index is -0.339. The van der Waals surface area contributed by atoms with Crippen molar-refractivity contribution in [2.24, 2.45) is 5.41 Å². The lowest BCUT2D eigenvalue weighted by Gasteiger charge is -2.40. The molecule has 0 unspecified atom stereocenters. The number of aromatic nitrogens is 3. The highest BCUT2D eigenvalue weighted by atomic mass is 16.3. The summed E-state index contributed by atoms with van der Waals surface area (Å²) in [6.07, 6.45) is 4.94. The van der Waals surface area contributed by atoms with E-state index in [0.29, 0.717) is 31.1 Å². The number of aryl methyl sites for hydroxylation is 1. The van der Waals surface area contributed by atoms with Crippen LogP contribution in [0.4, 0.5) is 10.5 Å². The molecule has 0 bridgehead atoms. The highest BCUT2D eigenvalue weighted by Gasteiger charge is 2.50. The van der Waals surface area contributed by atoms with Gasteiger partial charge in [0.1, 0.15) is 17.9 Å². The van der Waals surface area contributed by atoms with Crippen molar-refractivity contribution in [2.45, 2.75) is 31.8 Å². The third kappa shape index (κ3) is 3.78. The molecule has 2 aliphatic rings. The summed E-state index contributed by atoms with van der Waals surface area (Å²) in [4.78, 5) is 32.0. The maximum absolute atomic E-state index is 12.8. The third-order valence-electron chi connectivity index (χ3n) is 6.29. The molecule has 5 rings (SSSR count). The van der Waals surface area contributed by atoms with Crippen LogP contribution in [0.3, 0.4) is 0 Å². The molecule has 3 aromatic rings. The molecule has 2 atom stereocenters. The van der Waals surface area contributed by atoms with Crippen LogP contribution in [0.5, 0.6) is 0 Å². The van der Waals surface area contributed by atoms with E-state index in [2.05, 4.69) is 20.7 Å². The topological polar surface area (TPSA) is 105 Å². The van der Waals surface area contributed by atoms with E-state index in [1.807, 2.05) is 46.0 Å². The first-order valence-electron chi connectivity index (χ1n) is 10.4. The van der Waals surface area contributed by atoms with Crippen molar-refractivity contribution in [1.82, 2.24) is 25.0 Å². The van der Waals surface area contributed by atoms with Crippen LogP contribution in [0.2, 0.25) is 0 Å². The van der Waals surface area contributed by atoms with E-state index in [9.17, 15) is 9.59 Å². The van der Waals surface area contributed by atoms with Gasteiger partial charge in [-0.2, -0.15) is 5.10 Å². The molecule has 1 spiro atoms. The van der Waals surface area contributed by atoms with Gasteiger partial charge in [0.25, 0.3) is 0 Å². The second-order valence-electron chi connectivity index (χ2n) is 8.17. The van der Waals surface area contributed by atoms with E-state index in [1.165, 1.54) is 6.33 Å². The quantitative estimate of drug-likeness (QED) is 0.675. The van der Waals surface area contributed by atoms with Gasteiger partial charge >= 0.3 is 6.03 Å². The van der Waals surface area contributed by atoms with Gasteiger partial charge in [0.15, 0.2) is 0 Å². The minimum absolute atomic E-state index is 0.0337. The Kier molecular flexibility index (Phi) is 4.93. The molecular formula is C22H24N6O3. The number of carbonyl (C=O) groups is 2. The first-order valence-corrected chi connectivity index (χ1v) is 10.4. The van der Waals surface area contributed by atoms with E-state index in [0.717, 1.165) is 18.7 Å². The Morgan fingerprint density at radius 2 is 1.97 bits per heavy atom. The molecule has 2 N–H and O–H groups in total. The zero-order valence-corrected chi connectivity index (χ0v) is 17.0. The lowest BCUT2D eigenvalue weighted by Crippen LogP contribution is -2.49. The number of hydrogen-bond acceptors (Lipinski definition) is 5. The van der Waals surface area contributed by atoms with Crippen LogP contribution in [0.1, 0.15) is 30.5 Å². The van der Waals surface area contributed by atoms with Crippen molar-refractivity contribution < 1.29 is 14.0 Å². The Morgan fingerprint density at radius 3 is 2.77 bits per heavy atom. The van der Waals surface area contributed by atoms with Gasteiger partial charge in [-0.1, -0.05) is 18.2 Å². The molecule has 0 radical (unpaired) electrons. The number of hydrogen-bond donors (Lipinski definition) is 2. The zero-order valence-electron chi connectivity index (χ0n) is 17.0. The second kappa shape index (κ2) is 7.90. The van der Waals surface area contributed by atoms with Crippen LogP contribution in [0.15, 0.2) is 59.5 Å². The molecule has 9 heteroatoms. The van der Waals surface area contributed by atoms with Crippen LogP contribution < -0.4 is 10.6 Å². The summed E-state index contributed by atoms with van der Waals surface area (Å²) in [6.45, 7) is 1.93. The fourth-order valence-corrected chi connectivity index (χ4v) is 4.68. The maximum atomic E-state index is 12.8. The van der Waals surface area contributed by atoms with Crippen LogP contribution in [0.25, 0.3) is 0 Å². The van der Waals surface area contributed by atoms with Crippen molar-refractivity contribution in [3.63, 3.8) is 0 Å². The van der Waals surface area contributed by atoms with Gasteiger partial charge in [-0.15, -0.1) is 0 Å². The smallest absolute Gasteiger partial charge is 0.319 e. The monoisotopic (exact) mass is 420 g/mol. The molecular weight excluding hydrogens is 396 g/mol. The van der Waals surface area contributed by atoms with E-state index >= 15 is 0 Å². The zero-order chi connectivity index (χ0) is 21.3. The number of nitrogens with zero attached hydrogens (tertiary/aromatic N) is 4. The number of benzene rings is 1. The molecule has 1 fully saturated rings. The van der Waals surface area contributed by atoms with E-state index < -0.39 is 0 Å². The SMILES string of the molecule is O=C(Nc1ccccc1)N[C@H]1c2ncnn2CC[C@]12CCN(C(=O)Cc1ccco1)C2. The Hall–Kier alpha value is -3.62. The van der Waals surface area contributed by atoms with Crippen molar-refractivity contribution >= 4 is 17.6 Å². The molecule has 4 heterocycles. The van der Waals surface area contributed by atoms with E-state index in [4.69, 9.17) is 4.42 Å². The molecule has 31 heavy (non-hydrogen) atoms. The summed E-state index contributed by atoms with van der Waals surface area (Å²) in [5.74, 6) is 1.42. The van der Waals surface area contributed by atoms with Crippen LogP contribution in [0, 0.1) is 5.41 Å². The van der Waals surface area contributed by atoms with Crippen molar-refractivity contribution in [1.29, 1.82) is 0 Å². The Labute approximate surface area is 179 Å². The van der Waals surface area contributed by atoms with Gasteiger partial charge in [-0.25, -0.2) is 14.5 Å². The highest BCUT2D eigenvalue weighted by Crippen LogP contribution is 2.47. The summed E-state index contributed by atoms with van der Waals surface area (Å²) in [6, 6.07) is 12.3. The summed E-state index contributed by atoms with van der Waals surface area (Å²) in [5.41, 5.74) is 0.434. The fraction of sp³-hybridized carbons (Fsp3) is 0.364. The van der Waals surface area contributed by atoms with E-state index in [-0.39, 0.29) is 29.8 Å². The Morgan fingerprint density at radius 1 is 1.13 bits per heavy atom. The average molecular weight is 420 g/mol. The number of para-hydroxylation sites is 1. The number of nitrogens with one attached hydrogen (secondary N) is 2. The average Bonchev–Trinajstić information content (AvgIpc) is 3.52. The van der Waals surface area contributed by atoms with Crippen LogP contribution >= 0.6 is 0 Å². The number of urea groups is 1. The standard InChI is InChI=1S/C22H24N6O3/c29-18(13-17-7-4-12-31-17)27-10-8-22(14-27)9-11-28-20(23-15-24-28)19(22)26-21(30)25-16-5-2-1-3-6-16/h1-7,12,15,19H,8-11,13-14H2,(H2,25,26,30)/t19-,22-/m0/s1. The first-order chi connectivity index (χ1) is 15.1. The van der Waals surface area contributed by atoms with Gasteiger partial charge in [-0.3, -0.25) is 4.79 Å². The molecule has 1 aromatic carbocycles. The first kappa shape index (κ1) is 19.3. The summed E-state index contributed by atoms with van der Waals surface area (Å²) < 4.78 is 7.17. The molecule has 3 amide bonds. The van der Waals surface area contributed by atoms with Crippen molar-refractivity contribution in [3.05, 3.63) is 66.6 Å². The molecule has 2 aromatic heterocycles. The van der Waals surface area contributed by atoms with Crippen molar-refractivity contribution in [3.8, 4) is 0 Å². The predicted octanol–water partition coefficient (Wildman–Crippen LogP) is 2.60. The summed E-state index contributed by atoms with van der Waals surface area (Å²) in [5, 5.41) is 10.3. The molecule has 0 saturated carbocycles. The fourth-order valence-electron chi connectivity index (χ4n) is 4.68. The molecule has 1 saturated heterocycles. The lowest BCUT2D eigenvalue weighted by atomic mass is 9.74. The van der Waals surface area contributed by atoms with Gasteiger partial charge in [0.05, 0.1) is 18.7 Å².